The minimum absolute atomic E-state index is 0.359. The van der Waals surface area contributed by atoms with Crippen LogP contribution in [0.4, 0.5) is 17.1 Å². The predicted octanol–water partition coefficient (Wildman–Crippen LogP) is 5.22. The van der Waals surface area contributed by atoms with E-state index >= 15 is 0 Å². The fraction of sp³-hybridized carbons (Fsp3) is 0.250. The zero-order chi connectivity index (χ0) is 20.5. The molecule has 150 valence electrons. The predicted molar refractivity (Wildman–Crippen MR) is 118 cm³/mol. The Morgan fingerprint density at radius 3 is 2.45 bits per heavy atom. The van der Waals surface area contributed by atoms with Crippen LogP contribution in [0.25, 0.3) is 0 Å². The molecule has 0 atom stereocenters. The number of aryl methyl sites for hydroxylation is 2. The van der Waals surface area contributed by atoms with Crippen LogP contribution in [-0.2, 0) is 17.6 Å². The molecule has 1 aliphatic carbocycles. The summed E-state index contributed by atoms with van der Waals surface area (Å²) in [6, 6.07) is 18.7. The highest BCUT2D eigenvalue weighted by Crippen LogP contribution is 2.25. The minimum atomic E-state index is -0.359. The lowest BCUT2D eigenvalue weighted by Crippen LogP contribution is -2.05. The van der Waals surface area contributed by atoms with Gasteiger partial charge in [-0.3, -0.25) is 4.98 Å². The number of fused-ring (bicyclic) bond motifs is 1. The minimum Gasteiger partial charge on any atom is -0.465 e. The molecule has 1 aromatic heterocycles. The first-order valence-electron chi connectivity index (χ1n) is 9.85. The fourth-order valence-corrected chi connectivity index (χ4v) is 3.38. The van der Waals surface area contributed by atoms with Crippen LogP contribution in [0.1, 0.15) is 34.3 Å². The largest absolute Gasteiger partial charge is 0.465 e. The fourth-order valence-electron chi connectivity index (χ4n) is 3.38. The van der Waals surface area contributed by atoms with Gasteiger partial charge >= 0.3 is 5.97 Å². The lowest BCUT2D eigenvalue weighted by Gasteiger charge is -2.17. The Morgan fingerprint density at radius 1 is 0.966 bits per heavy atom. The summed E-state index contributed by atoms with van der Waals surface area (Å²) in [4.78, 5) is 15.0. The van der Waals surface area contributed by atoms with Crippen molar-refractivity contribution in [3.63, 3.8) is 0 Å². The van der Waals surface area contributed by atoms with Crippen molar-refractivity contribution in [3.05, 3.63) is 83.7 Å². The van der Waals surface area contributed by atoms with E-state index in [4.69, 9.17) is 0 Å². The van der Waals surface area contributed by atoms with E-state index in [1.807, 2.05) is 6.07 Å². The van der Waals surface area contributed by atoms with Gasteiger partial charge < -0.3 is 15.4 Å². The molecule has 0 fully saturated rings. The van der Waals surface area contributed by atoms with Gasteiger partial charge in [-0.15, -0.1) is 0 Å². The van der Waals surface area contributed by atoms with E-state index in [2.05, 4.69) is 62.8 Å². The Bertz CT molecular complexity index is 942. The van der Waals surface area contributed by atoms with Crippen molar-refractivity contribution in [1.29, 1.82) is 0 Å². The number of methoxy groups -OCH3 is 1. The topological polar surface area (TPSA) is 63.2 Å². The van der Waals surface area contributed by atoms with Crippen molar-refractivity contribution in [2.45, 2.75) is 25.7 Å². The number of rotatable bonds is 4. The molecule has 0 unspecified atom stereocenters. The Morgan fingerprint density at radius 2 is 1.72 bits per heavy atom. The van der Waals surface area contributed by atoms with Crippen LogP contribution >= 0.6 is 0 Å². The second-order valence-electron chi connectivity index (χ2n) is 6.84. The Balaban J connectivity index is 0.000000177. The first-order valence-corrected chi connectivity index (χ1v) is 9.85. The quantitative estimate of drug-likeness (QED) is 0.599. The number of aromatic nitrogens is 1. The molecule has 1 heterocycles. The molecule has 4 rings (SSSR count). The van der Waals surface area contributed by atoms with Crippen LogP contribution in [0.5, 0.6) is 0 Å². The van der Waals surface area contributed by atoms with E-state index in [9.17, 15) is 4.79 Å². The normalized spacial score (nSPS) is 12.1. The first kappa shape index (κ1) is 20.4. The summed E-state index contributed by atoms with van der Waals surface area (Å²) in [5.74, 6) is -0.359. The molecule has 0 aliphatic heterocycles. The number of ether oxygens (including phenoxy) is 1. The third-order valence-electron chi connectivity index (χ3n) is 4.91. The smallest absolute Gasteiger partial charge is 0.340 e. The number of nitrogens with zero attached hydrogens (tertiary/aromatic N) is 1. The van der Waals surface area contributed by atoms with E-state index in [1.54, 1.807) is 25.5 Å². The molecule has 3 aromatic rings. The molecule has 0 amide bonds. The average Bonchev–Trinajstić information content (AvgIpc) is 2.79. The molecule has 0 spiro atoms. The second kappa shape index (κ2) is 10.3. The van der Waals surface area contributed by atoms with Gasteiger partial charge in [0, 0.05) is 24.6 Å². The molecule has 0 saturated carbocycles. The van der Waals surface area contributed by atoms with Crippen LogP contribution < -0.4 is 10.6 Å². The zero-order valence-electron chi connectivity index (χ0n) is 16.9. The van der Waals surface area contributed by atoms with Crippen LogP contribution in [-0.4, -0.2) is 25.1 Å². The molecular weight excluding hydrogens is 362 g/mol. The van der Waals surface area contributed by atoms with Gasteiger partial charge in [0.05, 0.1) is 24.6 Å². The van der Waals surface area contributed by atoms with E-state index in [0.29, 0.717) is 11.3 Å². The number of carbonyl (C=O) groups is 1. The van der Waals surface area contributed by atoms with Crippen molar-refractivity contribution >= 4 is 23.0 Å². The maximum Gasteiger partial charge on any atom is 0.340 e. The Labute approximate surface area is 172 Å². The highest BCUT2D eigenvalue weighted by molar-refractivity contribution is 5.95. The number of para-hydroxylation sites is 1. The van der Waals surface area contributed by atoms with Gasteiger partial charge in [0.15, 0.2) is 0 Å². The summed E-state index contributed by atoms with van der Waals surface area (Å²) in [7, 11) is 3.08. The highest BCUT2D eigenvalue weighted by Gasteiger charge is 2.10. The number of esters is 1. The Kier molecular flexibility index (Phi) is 7.22. The van der Waals surface area contributed by atoms with Crippen molar-refractivity contribution in [2.75, 3.05) is 24.8 Å². The first-order chi connectivity index (χ1) is 14.2. The molecule has 0 saturated heterocycles. The number of benzene rings is 2. The standard InChI is InChI=1S/C16H17N.C8H10N2O2/c1-2-8-15(9-3-1)17-16-11-10-13-6-4-5-7-14(13)12-16;1-9-7-5-10-4-3-6(7)8(11)12-2/h1-3,8-12,17H,4-7H2;3-5,9H,1-2H3. The van der Waals surface area contributed by atoms with Crippen LogP contribution in [0.15, 0.2) is 67.0 Å². The van der Waals surface area contributed by atoms with Gasteiger partial charge in [-0.2, -0.15) is 0 Å². The van der Waals surface area contributed by atoms with Crippen molar-refractivity contribution in [2.24, 2.45) is 0 Å². The molecule has 0 radical (unpaired) electrons. The molecule has 5 nitrogen and oxygen atoms in total. The zero-order valence-corrected chi connectivity index (χ0v) is 16.9. The lowest BCUT2D eigenvalue weighted by atomic mass is 9.91. The average molecular weight is 389 g/mol. The van der Waals surface area contributed by atoms with Crippen LogP contribution in [0.3, 0.4) is 0 Å². The van der Waals surface area contributed by atoms with Gasteiger partial charge in [0.25, 0.3) is 0 Å². The summed E-state index contributed by atoms with van der Waals surface area (Å²) in [5, 5.41) is 6.30. The summed E-state index contributed by atoms with van der Waals surface area (Å²) in [5.41, 5.74) is 6.59. The molecule has 2 N–H and O–H groups in total. The van der Waals surface area contributed by atoms with Gasteiger partial charge in [-0.05, 0) is 67.1 Å². The maximum absolute atomic E-state index is 11.1. The summed E-state index contributed by atoms with van der Waals surface area (Å²) in [6.07, 6.45) is 8.29. The molecule has 2 aromatic carbocycles. The molecule has 29 heavy (non-hydrogen) atoms. The number of hydrogen-bond acceptors (Lipinski definition) is 5. The van der Waals surface area contributed by atoms with Gasteiger partial charge in [0.2, 0.25) is 0 Å². The van der Waals surface area contributed by atoms with Crippen LogP contribution in [0, 0.1) is 0 Å². The van der Waals surface area contributed by atoms with E-state index in [0.717, 1.165) is 5.69 Å². The van der Waals surface area contributed by atoms with Crippen LogP contribution in [0.2, 0.25) is 0 Å². The van der Waals surface area contributed by atoms with E-state index in [1.165, 1.54) is 49.6 Å². The SMILES string of the molecule is CNc1cnccc1C(=O)OC.c1ccc(Nc2ccc3c(c2)CCCC3)cc1. The summed E-state index contributed by atoms with van der Waals surface area (Å²) < 4.78 is 4.57. The highest BCUT2D eigenvalue weighted by atomic mass is 16.5. The Hall–Kier alpha value is -3.34. The number of anilines is 3. The summed E-state index contributed by atoms with van der Waals surface area (Å²) in [6.45, 7) is 0. The van der Waals surface area contributed by atoms with Crippen molar-refractivity contribution in [3.8, 4) is 0 Å². The number of pyridine rings is 1. The lowest BCUT2D eigenvalue weighted by molar-refractivity contribution is 0.0601. The second-order valence-corrected chi connectivity index (χ2v) is 6.84. The van der Waals surface area contributed by atoms with E-state index in [-0.39, 0.29) is 5.97 Å². The third-order valence-corrected chi connectivity index (χ3v) is 4.91. The number of nitrogens with one attached hydrogen (secondary N) is 2. The monoisotopic (exact) mass is 389 g/mol. The molecule has 0 bridgehead atoms. The third kappa shape index (κ3) is 5.57. The van der Waals surface area contributed by atoms with Gasteiger partial charge in [0.1, 0.15) is 0 Å². The number of hydrogen-bond donors (Lipinski definition) is 2. The summed E-state index contributed by atoms with van der Waals surface area (Å²) >= 11 is 0. The van der Waals surface area contributed by atoms with Crippen molar-refractivity contribution in [1.82, 2.24) is 4.98 Å². The number of carbonyl (C=O) groups excluding carboxylic acids is 1. The molecule has 5 heteroatoms. The van der Waals surface area contributed by atoms with E-state index < -0.39 is 0 Å². The van der Waals surface area contributed by atoms with Crippen molar-refractivity contribution < 1.29 is 9.53 Å². The van der Waals surface area contributed by atoms with Gasteiger partial charge in [-0.25, -0.2) is 4.79 Å². The molecular formula is C24H27N3O2. The molecule has 1 aliphatic rings. The van der Waals surface area contributed by atoms with Gasteiger partial charge in [-0.1, -0.05) is 24.3 Å². The maximum atomic E-state index is 11.1.